The lowest BCUT2D eigenvalue weighted by Crippen LogP contribution is -2.29. The molecule has 1 aliphatic carbocycles. The Bertz CT molecular complexity index is 1420. The number of hydrogen-bond acceptors (Lipinski definition) is 12. The second-order valence-electron chi connectivity index (χ2n) is 15.8. The molecule has 13 nitrogen and oxygen atoms in total. The third-order valence-corrected chi connectivity index (χ3v) is 11.2. The molecule has 1 saturated carbocycles. The zero-order valence-electron chi connectivity index (χ0n) is 37.5. The molecule has 14 heteroatoms. The largest absolute Gasteiger partial charge is 0.472 e. The molecule has 0 aromatic heterocycles. The molecule has 7 atom stereocenters. The van der Waals surface area contributed by atoms with E-state index in [2.05, 4.69) is 67.0 Å². The van der Waals surface area contributed by atoms with E-state index >= 15 is 0 Å². The fourth-order valence-corrected chi connectivity index (χ4v) is 7.33. The number of allylic oxidation sites excluding steroid dienone is 10. The molecule has 1 fully saturated rings. The highest BCUT2D eigenvalue weighted by molar-refractivity contribution is 7.47. The topological polar surface area (TPSA) is 206 Å². The molecule has 0 aliphatic heterocycles. The number of aliphatic hydroxyl groups excluding tert-OH is 4. The summed E-state index contributed by atoms with van der Waals surface area (Å²) in [7, 11) is -4.70. The first-order valence-corrected chi connectivity index (χ1v) is 24.5. The lowest BCUT2D eigenvalue weighted by Gasteiger charge is -2.20. The first-order chi connectivity index (χ1) is 29.9. The molecular weight excluding hydrogens is 815 g/mol. The van der Waals surface area contributed by atoms with Crippen molar-refractivity contribution in [1.82, 2.24) is 0 Å². The van der Waals surface area contributed by atoms with E-state index in [1.54, 1.807) is 12.2 Å². The Morgan fingerprint density at radius 1 is 0.726 bits per heavy atom. The van der Waals surface area contributed by atoms with Crippen LogP contribution in [0.15, 0.2) is 72.9 Å². The van der Waals surface area contributed by atoms with E-state index in [1.165, 1.54) is 19.3 Å². The summed E-state index contributed by atoms with van der Waals surface area (Å²) in [6, 6.07) is 0. The van der Waals surface area contributed by atoms with E-state index in [9.17, 15) is 39.2 Å². The number of ketones is 1. The van der Waals surface area contributed by atoms with Gasteiger partial charge in [-0.3, -0.25) is 23.4 Å². The molecule has 0 bridgehead atoms. The number of carbonyl (C=O) groups excluding carboxylic acids is 3. The van der Waals surface area contributed by atoms with Crippen LogP contribution in [0.1, 0.15) is 149 Å². The van der Waals surface area contributed by atoms with Crippen LogP contribution in [-0.4, -0.2) is 93.9 Å². The minimum atomic E-state index is -4.70. The fourth-order valence-electron chi connectivity index (χ4n) is 6.54. The molecule has 1 unspecified atom stereocenters. The normalized spacial score (nSPS) is 19.8. The summed E-state index contributed by atoms with van der Waals surface area (Å²) in [4.78, 5) is 47.8. The predicted octanol–water partition coefficient (Wildman–Crippen LogP) is 9.03. The average molecular weight is 895 g/mol. The van der Waals surface area contributed by atoms with Gasteiger partial charge in [0.2, 0.25) is 0 Å². The summed E-state index contributed by atoms with van der Waals surface area (Å²) in [6.07, 6.45) is 36.6. The minimum Gasteiger partial charge on any atom is -0.462 e. The lowest BCUT2D eigenvalue weighted by atomic mass is 9.90. The van der Waals surface area contributed by atoms with Crippen molar-refractivity contribution in [3.63, 3.8) is 0 Å². The third kappa shape index (κ3) is 30.9. The molecule has 0 heterocycles. The van der Waals surface area contributed by atoms with E-state index in [0.717, 1.165) is 64.2 Å². The fraction of sp³-hybridized carbons (Fsp3) is 0.688. The molecular formula is C48H79O13P. The standard InChI is InChI=1S/C48H79O13P/c1-3-5-7-8-9-10-11-12-13-14-15-16-17-18-19-20-21-22-28-32-48(55)61-42(39-60-62(56,57)59-37-41(51)36-49)38-58-47(54)31-27-24-23-26-30-43-44(46(53)35-45(43)52)34-33-40(50)29-25-6-4-2/h9-10,12-13,15-16,18-19,23,26,33-34,40-44,46,49-51,53H,3-8,11,14,17,20-22,24-25,27-32,35-39H2,1-2H3,(H,56,57)/b10-9-,13-12-,16-15-,19-18-,26-23-,34-33+/t40-,41-,42+,43+,44+,46+/m0/s1. The Morgan fingerprint density at radius 3 is 1.94 bits per heavy atom. The van der Waals surface area contributed by atoms with Crippen LogP contribution in [0.3, 0.4) is 0 Å². The molecule has 62 heavy (non-hydrogen) atoms. The smallest absolute Gasteiger partial charge is 0.462 e. The Balaban J connectivity index is 2.48. The van der Waals surface area contributed by atoms with E-state index in [4.69, 9.17) is 19.1 Å². The van der Waals surface area contributed by atoms with Crippen molar-refractivity contribution < 1.29 is 62.8 Å². The Morgan fingerprint density at radius 2 is 1.29 bits per heavy atom. The van der Waals surface area contributed by atoms with Gasteiger partial charge in [-0.25, -0.2) is 4.57 Å². The summed E-state index contributed by atoms with van der Waals surface area (Å²) in [5.74, 6) is -1.94. The van der Waals surface area contributed by atoms with Crippen molar-refractivity contribution in [2.24, 2.45) is 11.8 Å². The molecule has 0 radical (unpaired) electrons. The number of ether oxygens (including phenoxy) is 2. The first kappa shape index (κ1) is 57.0. The molecule has 5 N–H and O–H groups in total. The lowest BCUT2D eigenvalue weighted by molar-refractivity contribution is -0.161. The third-order valence-electron chi connectivity index (χ3n) is 10.2. The monoisotopic (exact) mass is 895 g/mol. The SMILES string of the molecule is CCCCC/C=C\C/C=C\C/C=C\C/C=C\CCCCCC(=O)O[C@H](COC(=O)CCC/C=C\C[C@H]1C(=O)C[C@@H](O)[C@@H]1/C=C/[C@@H](O)CCCCC)COP(=O)(O)OC[C@@H](O)CO. The maximum Gasteiger partial charge on any atom is 0.472 e. The number of phosphoric acid groups is 1. The second kappa shape index (κ2) is 37.4. The first-order valence-electron chi connectivity index (χ1n) is 23.0. The van der Waals surface area contributed by atoms with E-state index in [1.807, 2.05) is 12.2 Å². The molecule has 1 aliphatic rings. The van der Waals surface area contributed by atoms with Crippen molar-refractivity contribution in [1.29, 1.82) is 0 Å². The molecule has 0 aromatic carbocycles. The quantitative estimate of drug-likeness (QED) is 0.0170. The van der Waals surface area contributed by atoms with Crippen molar-refractivity contribution >= 4 is 25.5 Å². The van der Waals surface area contributed by atoms with Crippen molar-refractivity contribution in [2.45, 2.75) is 173 Å². The second-order valence-corrected chi connectivity index (χ2v) is 17.3. The summed E-state index contributed by atoms with van der Waals surface area (Å²) < 4.78 is 32.7. The predicted molar refractivity (Wildman–Crippen MR) is 243 cm³/mol. The molecule has 0 amide bonds. The van der Waals surface area contributed by atoms with Gasteiger partial charge in [0.1, 0.15) is 18.5 Å². The molecule has 354 valence electrons. The number of hydrogen-bond donors (Lipinski definition) is 5. The van der Waals surface area contributed by atoms with Gasteiger partial charge in [-0.2, -0.15) is 0 Å². The van der Waals surface area contributed by atoms with Gasteiger partial charge in [-0.05, 0) is 77.0 Å². The van der Waals surface area contributed by atoms with Crippen LogP contribution >= 0.6 is 7.82 Å². The Kier molecular flexibility index (Phi) is 34.4. The van der Waals surface area contributed by atoms with Gasteiger partial charge in [-0.15, -0.1) is 0 Å². The summed E-state index contributed by atoms with van der Waals surface area (Å²) >= 11 is 0. The van der Waals surface area contributed by atoms with Crippen LogP contribution < -0.4 is 0 Å². The number of carbonyl (C=O) groups is 3. The van der Waals surface area contributed by atoms with Crippen molar-refractivity contribution in [3.05, 3.63) is 72.9 Å². The highest BCUT2D eigenvalue weighted by atomic mass is 31.2. The van der Waals surface area contributed by atoms with Crippen LogP contribution in [-0.2, 0) is 37.5 Å². The molecule has 1 rings (SSSR count). The number of rotatable bonds is 38. The molecule has 0 aromatic rings. The zero-order chi connectivity index (χ0) is 45.7. The van der Waals surface area contributed by atoms with Gasteiger partial charge in [0.15, 0.2) is 6.10 Å². The van der Waals surface area contributed by atoms with Gasteiger partial charge in [0, 0.05) is 31.1 Å². The minimum absolute atomic E-state index is 0.0230. The summed E-state index contributed by atoms with van der Waals surface area (Å²) in [5.41, 5.74) is 0. The van der Waals surface area contributed by atoms with Gasteiger partial charge in [-0.1, -0.05) is 125 Å². The Hall–Kier alpha value is -3.00. The summed E-state index contributed by atoms with van der Waals surface area (Å²) in [6.45, 7) is 1.89. The molecule has 0 saturated heterocycles. The van der Waals surface area contributed by atoms with Gasteiger partial charge >= 0.3 is 19.8 Å². The van der Waals surface area contributed by atoms with E-state index in [0.29, 0.717) is 32.1 Å². The number of Topliss-reactive ketones (excluding diaryl/α,β-unsaturated/α-hetero) is 1. The number of unbranched alkanes of at least 4 members (excludes halogenated alkanes) is 9. The van der Waals surface area contributed by atoms with Crippen LogP contribution in [0.4, 0.5) is 0 Å². The highest BCUT2D eigenvalue weighted by Crippen LogP contribution is 2.43. The number of esters is 2. The van der Waals surface area contributed by atoms with Gasteiger partial charge in [0.25, 0.3) is 0 Å². The van der Waals surface area contributed by atoms with Gasteiger partial charge < -0.3 is 34.8 Å². The average Bonchev–Trinajstić information content (AvgIpc) is 3.52. The van der Waals surface area contributed by atoms with Crippen LogP contribution in [0.2, 0.25) is 0 Å². The maximum absolute atomic E-state index is 12.7. The van der Waals surface area contributed by atoms with Crippen LogP contribution in [0.25, 0.3) is 0 Å². The summed E-state index contributed by atoms with van der Waals surface area (Å²) in [5, 5.41) is 39.1. The van der Waals surface area contributed by atoms with Crippen LogP contribution in [0.5, 0.6) is 0 Å². The maximum atomic E-state index is 12.7. The number of phosphoric ester groups is 1. The Labute approximate surface area is 371 Å². The van der Waals surface area contributed by atoms with Crippen molar-refractivity contribution in [3.8, 4) is 0 Å². The van der Waals surface area contributed by atoms with E-state index in [-0.39, 0.29) is 36.9 Å². The van der Waals surface area contributed by atoms with Gasteiger partial charge in [0.05, 0.1) is 32.0 Å². The highest BCUT2D eigenvalue weighted by Gasteiger charge is 2.39. The van der Waals surface area contributed by atoms with Crippen molar-refractivity contribution in [2.75, 3.05) is 26.4 Å². The zero-order valence-corrected chi connectivity index (χ0v) is 38.4. The van der Waals surface area contributed by atoms with Crippen LogP contribution in [0, 0.1) is 11.8 Å². The number of aliphatic hydroxyl groups is 4. The van der Waals surface area contributed by atoms with E-state index < -0.39 is 70.6 Å². The molecule has 0 spiro atoms.